The highest BCUT2D eigenvalue weighted by Gasteiger charge is 2.13. The fraction of sp³-hybridized carbons (Fsp3) is 0.444. The summed E-state index contributed by atoms with van der Waals surface area (Å²) >= 11 is 0. The van der Waals surface area contributed by atoms with Gasteiger partial charge in [0.2, 0.25) is 0 Å². The third kappa shape index (κ3) is 3.31. The second-order valence-electron chi connectivity index (χ2n) is 5.42. The first-order chi connectivity index (χ1) is 9.65. The molecule has 1 N–H and O–H groups in total. The Bertz CT molecular complexity index is 556. The Morgan fingerprint density at radius 2 is 1.85 bits per heavy atom. The van der Waals surface area contributed by atoms with Crippen molar-refractivity contribution in [1.82, 2.24) is 5.32 Å². The van der Waals surface area contributed by atoms with E-state index in [9.17, 15) is 0 Å². The average Bonchev–Trinajstić information content (AvgIpc) is 2.92. The van der Waals surface area contributed by atoms with Gasteiger partial charge in [-0.2, -0.15) is 0 Å². The average molecular weight is 271 g/mol. The summed E-state index contributed by atoms with van der Waals surface area (Å²) in [6.07, 6.45) is 2.18. The standard InChI is InChI=1S/C18H25NO/c1-5-11-19-16(6-2)18-10-9-17(20-18)15-8-7-13(3)14(4)12-15/h7-10,12,16,19H,5-6,11H2,1-4H3. The van der Waals surface area contributed by atoms with E-state index in [-0.39, 0.29) is 0 Å². The van der Waals surface area contributed by atoms with Crippen molar-refractivity contribution in [2.75, 3.05) is 6.54 Å². The zero-order valence-electron chi connectivity index (χ0n) is 13.0. The monoisotopic (exact) mass is 271 g/mol. The van der Waals surface area contributed by atoms with Gasteiger partial charge < -0.3 is 9.73 Å². The zero-order chi connectivity index (χ0) is 14.5. The van der Waals surface area contributed by atoms with Gasteiger partial charge in [0.25, 0.3) is 0 Å². The predicted octanol–water partition coefficient (Wildman–Crippen LogP) is 5.01. The molecule has 1 heterocycles. The highest BCUT2D eigenvalue weighted by molar-refractivity contribution is 5.59. The summed E-state index contributed by atoms with van der Waals surface area (Å²) in [6.45, 7) is 9.67. The van der Waals surface area contributed by atoms with Gasteiger partial charge in [-0.3, -0.25) is 0 Å². The summed E-state index contributed by atoms with van der Waals surface area (Å²) in [5.41, 5.74) is 3.78. The maximum atomic E-state index is 6.05. The first-order valence-corrected chi connectivity index (χ1v) is 7.56. The van der Waals surface area contributed by atoms with Crippen LogP contribution in [0.3, 0.4) is 0 Å². The van der Waals surface area contributed by atoms with Crippen molar-refractivity contribution < 1.29 is 4.42 Å². The van der Waals surface area contributed by atoms with Crippen LogP contribution < -0.4 is 5.32 Å². The summed E-state index contributed by atoms with van der Waals surface area (Å²) < 4.78 is 6.05. The third-order valence-electron chi connectivity index (χ3n) is 3.81. The highest BCUT2D eigenvalue weighted by atomic mass is 16.3. The normalized spacial score (nSPS) is 12.6. The number of aryl methyl sites for hydroxylation is 2. The molecule has 1 unspecified atom stereocenters. The SMILES string of the molecule is CCCNC(CC)c1ccc(-c2ccc(C)c(C)c2)o1. The molecule has 2 heteroatoms. The molecule has 0 fully saturated rings. The highest BCUT2D eigenvalue weighted by Crippen LogP contribution is 2.28. The van der Waals surface area contributed by atoms with Gasteiger partial charge >= 0.3 is 0 Å². The van der Waals surface area contributed by atoms with Crippen LogP contribution in [0.15, 0.2) is 34.7 Å². The molecule has 108 valence electrons. The summed E-state index contributed by atoms with van der Waals surface area (Å²) in [4.78, 5) is 0. The van der Waals surface area contributed by atoms with E-state index in [0.717, 1.165) is 36.5 Å². The summed E-state index contributed by atoms with van der Waals surface area (Å²) in [7, 11) is 0. The molecule has 1 aromatic carbocycles. The van der Waals surface area contributed by atoms with Gasteiger partial charge in [-0.1, -0.05) is 26.0 Å². The van der Waals surface area contributed by atoms with Crippen LogP contribution in [0.5, 0.6) is 0 Å². The largest absolute Gasteiger partial charge is 0.459 e. The van der Waals surface area contributed by atoms with Gasteiger partial charge in [0.15, 0.2) is 0 Å². The van der Waals surface area contributed by atoms with E-state index in [2.05, 4.69) is 63.3 Å². The van der Waals surface area contributed by atoms with Crippen LogP contribution in [0.4, 0.5) is 0 Å². The molecular weight excluding hydrogens is 246 g/mol. The molecule has 0 radical (unpaired) electrons. The molecule has 0 aliphatic heterocycles. The zero-order valence-corrected chi connectivity index (χ0v) is 13.0. The van der Waals surface area contributed by atoms with Gasteiger partial charge in [0, 0.05) is 5.56 Å². The van der Waals surface area contributed by atoms with Crippen molar-refractivity contribution in [1.29, 1.82) is 0 Å². The lowest BCUT2D eigenvalue weighted by atomic mass is 10.1. The molecule has 1 aromatic heterocycles. The van der Waals surface area contributed by atoms with E-state index in [4.69, 9.17) is 4.42 Å². The van der Waals surface area contributed by atoms with Crippen molar-refractivity contribution in [2.24, 2.45) is 0 Å². The van der Waals surface area contributed by atoms with Crippen LogP contribution in [0, 0.1) is 13.8 Å². The van der Waals surface area contributed by atoms with Crippen molar-refractivity contribution in [3.05, 3.63) is 47.2 Å². The lowest BCUT2D eigenvalue weighted by Crippen LogP contribution is -2.20. The van der Waals surface area contributed by atoms with Gasteiger partial charge in [-0.05, 0) is 62.6 Å². The van der Waals surface area contributed by atoms with Crippen LogP contribution in [0.1, 0.15) is 49.6 Å². The van der Waals surface area contributed by atoms with Crippen LogP contribution in [-0.4, -0.2) is 6.54 Å². The fourth-order valence-corrected chi connectivity index (χ4v) is 2.35. The molecule has 0 saturated heterocycles. The van der Waals surface area contributed by atoms with Crippen LogP contribution in [-0.2, 0) is 0 Å². The molecular formula is C18H25NO. The van der Waals surface area contributed by atoms with Crippen molar-refractivity contribution in [3.63, 3.8) is 0 Å². The van der Waals surface area contributed by atoms with E-state index < -0.39 is 0 Å². The van der Waals surface area contributed by atoms with Crippen molar-refractivity contribution in [3.8, 4) is 11.3 Å². The van der Waals surface area contributed by atoms with Crippen LogP contribution in [0.25, 0.3) is 11.3 Å². The topological polar surface area (TPSA) is 25.2 Å². The van der Waals surface area contributed by atoms with Gasteiger partial charge in [-0.15, -0.1) is 0 Å². The third-order valence-corrected chi connectivity index (χ3v) is 3.81. The molecule has 0 saturated carbocycles. The van der Waals surface area contributed by atoms with Crippen molar-refractivity contribution in [2.45, 2.75) is 46.6 Å². The van der Waals surface area contributed by atoms with Gasteiger partial charge in [-0.25, -0.2) is 0 Å². The minimum absolute atomic E-state index is 0.315. The number of nitrogens with one attached hydrogen (secondary N) is 1. The number of hydrogen-bond acceptors (Lipinski definition) is 2. The van der Waals surface area contributed by atoms with Crippen LogP contribution >= 0.6 is 0 Å². The lowest BCUT2D eigenvalue weighted by molar-refractivity contribution is 0.411. The Balaban J connectivity index is 2.20. The maximum Gasteiger partial charge on any atom is 0.134 e. The number of rotatable bonds is 6. The summed E-state index contributed by atoms with van der Waals surface area (Å²) in [5, 5.41) is 3.53. The predicted molar refractivity (Wildman–Crippen MR) is 84.9 cm³/mol. The Labute approximate surface area is 122 Å². The van der Waals surface area contributed by atoms with E-state index in [1.165, 1.54) is 11.1 Å². The number of furan rings is 1. The first-order valence-electron chi connectivity index (χ1n) is 7.56. The Morgan fingerprint density at radius 1 is 1.05 bits per heavy atom. The molecule has 0 bridgehead atoms. The Kier molecular flexibility index (Phi) is 5.02. The minimum Gasteiger partial charge on any atom is -0.459 e. The van der Waals surface area contributed by atoms with E-state index in [0.29, 0.717) is 6.04 Å². The molecule has 0 spiro atoms. The molecule has 1 atom stereocenters. The van der Waals surface area contributed by atoms with Gasteiger partial charge in [0.05, 0.1) is 6.04 Å². The van der Waals surface area contributed by atoms with E-state index in [1.54, 1.807) is 0 Å². The summed E-state index contributed by atoms with van der Waals surface area (Å²) in [6, 6.07) is 11.0. The summed E-state index contributed by atoms with van der Waals surface area (Å²) in [5.74, 6) is 1.99. The van der Waals surface area contributed by atoms with Crippen LogP contribution in [0.2, 0.25) is 0 Å². The van der Waals surface area contributed by atoms with Gasteiger partial charge in [0.1, 0.15) is 11.5 Å². The molecule has 2 rings (SSSR count). The Morgan fingerprint density at radius 3 is 2.50 bits per heavy atom. The first kappa shape index (κ1) is 14.9. The second-order valence-corrected chi connectivity index (χ2v) is 5.42. The second kappa shape index (κ2) is 6.76. The van der Waals surface area contributed by atoms with E-state index >= 15 is 0 Å². The Hall–Kier alpha value is -1.54. The maximum absolute atomic E-state index is 6.05. The molecule has 0 aliphatic carbocycles. The molecule has 2 aromatic rings. The number of hydrogen-bond donors (Lipinski definition) is 1. The quantitative estimate of drug-likeness (QED) is 0.798. The lowest BCUT2D eigenvalue weighted by Gasteiger charge is -2.13. The van der Waals surface area contributed by atoms with Crippen molar-refractivity contribution >= 4 is 0 Å². The molecule has 0 amide bonds. The minimum atomic E-state index is 0.315. The molecule has 0 aliphatic rings. The molecule has 20 heavy (non-hydrogen) atoms. The fourth-order valence-electron chi connectivity index (χ4n) is 2.35. The smallest absolute Gasteiger partial charge is 0.134 e. The van der Waals surface area contributed by atoms with E-state index in [1.807, 2.05) is 0 Å². The number of benzene rings is 1. The molecule has 2 nitrogen and oxygen atoms in total.